The molecule has 4 nitrogen and oxygen atoms in total. The van der Waals surface area contributed by atoms with E-state index < -0.39 is 5.97 Å². The van der Waals surface area contributed by atoms with Gasteiger partial charge < -0.3 is 14.2 Å². The third-order valence-electron chi connectivity index (χ3n) is 3.20. The van der Waals surface area contributed by atoms with Crippen molar-refractivity contribution >= 4 is 35.2 Å². The lowest BCUT2D eigenvalue weighted by Gasteiger charge is -2.09. The van der Waals surface area contributed by atoms with E-state index in [4.69, 9.17) is 37.4 Å². The van der Waals surface area contributed by atoms with Crippen molar-refractivity contribution in [1.29, 1.82) is 0 Å². The molecule has 0 spiro atoms. The van der Waals surface area contributed by atoms with Gasteiger partial charge in [0.25, 0.3) is 0 Å². The van der Waals surface area contributed by atoms with E-state index in [9.17, 15) is 4.79 Å². The van der Waals surface area contributed by atoms with Gasteiger partial charge in [-0.05, 0) is 29.8 Å². The van der Waals surface area contributed by atoms with Crippen LogP contribution in [0.1, 0.15) is 11.1 Å². The minimum atomic E-state index is -0.481. The second-order valence-corrected chi connectivity index (χ2v) is 5.59. The molecule has 0 amide bonds. The van der Waals surface area contributed by atoms with Crippen molar-refractivity contribution in [2.24, 2.45) is 0 Å². The van der Waals surface area contributed by atoms with Gasteiger partial charge in [-0.15, -0.1) is 0 Å². The van der Waals surface area contributed by atoms with Crippen LogP contribution in [0, 0.1) is 0 Å². The van der Waals surface area contributed by atoms with E-state index in [0.29, 0.717) is 27.1 Å². The molecule has 0 heterocycles. The molecule has 2 aromatic carbocycles. The molecular formula is C18H16Cl2O4. The number of halogens is 2. The van der Waals surface area contributed by atoms with E-state index in [1.807, 2.05) is 12.1 Å². The second kappa shape index (κ2) is 8.62. The molecule has 2 rings (SSSR count). The Morgan fingerprint density at radius 3 is 2.54 bits per heavy atom. The van der Waals surface area contributed by atoms with Crippen molar-refractivity contribution in [2.45, 2.75) is 6.61 Å². The lowest BCUT2D eigenvalue weighted by atomic mass is 10.1. The zero-order valence-electron chi connectivity index (χ0n) is 13.2. The fraction of sp³-hybridized carbons (Fsp3) is 0.167. The number of carbonyl (C=O) groups is 1. The van der Waals surface area contributed by atoms with Crippen molar-refractivity contribution in [1.82, 2.24) is 0 Å². The summed E-state index contributed by atoms with van der Waals surface area (Å²) in [7, 11) is 3.09. The SMILES string of the molecule is COc1cccc(C=CC(=O)OCc2ccc(Cl)c(Cl)c2)c1OC. The van der Waals surface area contributed by atoms with Crippen LogP contribution in [0.15, 0.2) is 42.5 Å². The summed E-state index contributed by atoms with van der Waals surface area (Å²) in [6, 6.07) is 10.5. The lowest BCUT2D eigenvalue weighted by Crippen LogP contribution is -2.01. The Kier molecular flexibility index (Phi) is 6.53. The van der Waals surface area contributed by atoms with Gasteiger partial charge >= 0.3 is 5.97 Å². The number of carbonyl (C=O) groups excluding carboxylic acids is 1. The molecule has 126 valence electrons. The van der Waals surface area contributed by atoms with Crippen LogP contribution < -0.4 is 9.47 Å². The van der Waals surface area contributed by atoms with Crippen LogP contribution in [0.4, 0.5) is 0 Å². The van der Waals surface area contributed by atoms with Crippen molar-refractivity contribution in [2.75, 3.05) is 14.2 Å². The Labute approximate surface area is 150 Å². The molecule has 0 saturated heterocycles. The topological polar surface area (TPSA) is 44.8 Å². The fourth-order valence-corrected chi connectivity index (χ4v) is 2.35. The van der Waals surface area contributed by atoms with Crippen molar-refractivity contribution in [3.63, 3.8) is 0 Å². The first kappa shape index (κ1) is 18.2. The highest BCUT2D eigenvalue weighted by Crippen LogP contribution is 2.31. The molecule has 0 unspecified atom stereocenters. The summed E-state index contributed by atoms with van der Waals surface area (Å²) in [5.41, 5.74) is 1.47. The number of esters is 1. The first-order chi connectivity index (χ1) is 11.5. The van der Waals surface area contributed by atoms with E-state index in [0.717, 1.165) is 5.56 Å². The van der Waals surface area contributed by atoms with Gasteiger partial charge in [-0.1, -0.05) is 41.4 Å². The van der Waals surface area contributed by atoms with Crippen LogP contribution in [0.3, 0.4) is 0 Å². The summed E-state index contributed by atoms with van der Waals surface area (Å²) in [5.74, 6) is 0.656. The average Bonchev–Trinajstić information content (AvgIpc) is 2.60. The number of benzene rings is 2. The number of rotatable bonds is 6. The second-order valence-electron chi connectivity index (χ2n) is 4.77. The quantitative estimate of drug-likeness (QED) is 0.545. The predicted octanol–water partition coefficient (Wildman–Crippen LogP) is 4.77. The van der Waals surface area contributed by atoms with Gasteiger partial charge in [0, 0.05) is 11.6 Å². The van der Waals surface area contributed by atoms with Gasteiger partial charge in [0.05, 0.1) is 24.3 Å². The van der Waals surface area contributed by atoms with Crippen molar-refractivity contribution < 1.29 is 19.0 Å². The number of methoxy groups -OCH3 is 2. The maximum absolute atomic E-state index is 11.9. The molecule has 0 aliphatic rings. The van der Waals surface area contributed by atoms with E-state index in [-0.39, 0.29) is 6.61 Å². The molecule has 0 aromatic heterocycles. The van der Waals surface area contributed by atoms with Gasteiger partial charge in [0.15, 0.2) is 11.5 Å². The molecule has 0 aliphatic carbocycles. The molecular weight excluding hydrogens is 351 g/mol. The molecule has 0 aliphatic heterocycles. The van der Waals surface area contributed by atoms with Gasteiger partial charge in [-0.2, -0.15) is 0 Å². The molecule has 0 saturated carbocycles. The van der Waals surface area contributed by atoms with Gasteiger partial charge in [-0.25, -0.2) is 4.79 Å². The Balaban J connectivity index is 2.01. The van der Waals surface area contributed by atoms with Crippen LogP contribution in [0.5, 0.6) is 11.5 Å². The maximum Gasteiger partial charge on any atom is 0.331 e. The minimum absolute atomic E-state index is 0.106. The highest BCUT2D eigenvalue weighted by atomic mass is 35.5. The predicted molar refractivity (Wildman–Crippen MR) is 94.8 cm³/mol. The van der Waals surface area contributed by atoms with Gasteiger partial charge in [0.2, 0.25) is 0 Å². The van der Waals surface area contributed by atoms with E-state index in [1.54, 1.807) is 37.5 Å². The largest absolute Gasteiger partial charge is 0.493 e. The normalized spacial score (nSPS) is 10.7. The molecule has 24 heavy (non-hydrogen) atoms. The Bertz CT molecular complexity index is 757. The van der Waals surface area contributed by atoms with Crippen LogP contribution in [-0.2, 0) is 16.1 Å². The van der Waals surface area contributed by atoms with Crippen LogP contribution >= 0.6 is 23.2 Å². The summed E-state index contributed by atoms with van der Waals surface area (Å²) in [6.07, 6.45) is 2.94. The number of hydrogen-bond acceptors (Lipinski definition) is 4. The zero-order chi connectivity index (χ0) is 17.5. The van der Waals surface area contributed by atoms with Gasteiger partial charge in [-0.3, -0.25) is 0 Å². The third kappa shape index (κ3) is 4.66. The maximum atomic E-state index is 11.9. The number of hydrogen-bond donors (Lipinski definition) is 0. The average molecular weight is 367 g/mol. The van der Waals surface area contributed by atoms with Gasteiger partial charge in [0.1, 0.15) is 6.61 Å². The lowest BCUT2D eigenvalue weighted by molar-refractivity contribution is -0.138. The molecule has 0 fully saturated rings. The minimum Gasteiger partial charge on any atom is -0.493 e. The molecule has 0 bridgehead atoms. The summed E-state index contributed by atoms with van der Waals surface area (Å²) < 4.78 is 15.7. The number of ether oxygens (including phenoxy) is 3. The molecule has 0 N–H and O–H groups in total. The summed E-state index contributed by atoms with van der Waals surface area (Å²) in [6.45, 7) is 0.106. The monoisotopic (exact) mass is 366 g/mol. The highest BCUT2D eigenvalue weighted by Gasteiger charge is 2.08. The summed E-state index contributed by atoms with van der Waals surface area (Å²) in [5, 5.41) is 0.874. The molecule has 0 atom stereocenters. The molecule has 6 heteroatoms. The molecule has 0 radical (unpaired) electrons. The van der Waals surface area contributed by atoms with E-state index in [2.05, 4.69) is 0 Å². The zero-order valence-corrected chi connectivity index (χ0v) is 14.7. The van der Waals surface area contributed by atoms with E-state index >= 15 is 0 Å². The van der Waals surface area contributed by atoms with Crippen molar-refractivity contribution in [3.05, 3.63) is 63.6 Å². The Morgan fingerprint density at radius 2 is 1.88 bits per heavy atom. The Hall–Kier alpha value is -2.17. The van der Waals surface area contributed by atoms with Crippen LogP contribution in [0.25, 0.3) is 6.08 Å². The first-order valence-corrected chi connectivity index (χ1v) is 7.80. The number of para-hydroxylation sites is 1. The molecule has 2 aromatic rings. The van der Waals surface area contributed by atoms with Crippen molar-refractivity contribution in [3.8, 4) is 11.5 Å². The first-order valence-electron chi connectivity index (χ1n) is 7.05. The standard InChI is InChI=1S/C18H16Cl2O4/c1-22-16-5-3-4-13(18(16)23-2)7-9-17(21)24-11-12-6-8-14(19)15(20)10-12/h3-10H,11H2,1-2H3. The van der Waals surface area contributed by atoms with Crippen LogP contribution in [0.2, 0.25) is 10.0 Å². The summed E-state index contributed by atoms with van der Waals surface area (Å²) >= 11 is 11.8. The highest BCUT2D eigenvalue weighted by molar-refractivity contribution is 6.42. The van der Waals surface area contributed by atoms with E-state index in [1.165, 1.54) is 13.2 Å². The Morgan fingerprint density at radius 1 is 1.08 bits per heavy atom. The van der Waals surface area contributed by atoms with Crippen LogP contribution in [-0.4, -0.2) is 20.2 Å². The smallest absolute Gasteiger partial charge is 0.331 e. The fourth-order valence-electron chi connectivity index (χ4n) is 2.03. The third-order valence-corrected chi connectivity index (χ3v) is 3.94. The summed E-state index contributed by atoms with van der Waals surface area (Å²) in [4.78, 5) is 11.9.